The molecule has 0 unspecified atom stereocenters. The maximum Gasteiger partial charge on any atom is 0.131 e. The molecule has 0 saturated heterocycles. The Bertz CT molecular complexity index is 549. The maximum atomic E-state index is 13.4. The third kappa shape index (κ3) is 3.29. The molecule has 0 heterocycles. The van der Waals surface area contributed by atoms with Crippen molar-refractivity contribution in [3.05, 3.63) is 63.6 Å². The summed E-state index contributed by atoms with van der Waals surface area (Å²) in [6, 6.07) is 9.46. The topological polar surface area (TPSA) is 12.0 Å². The van der Waals surface area contributed by atoms with Crippen LogP contribution in [0.3, 0.4) is 0 Å². The summed E-state index contributed by atoms with van der Waals surface area (Å²) < 4.78 is 27.1. The number of rotatable bonds is 3. The van der Waals surface area contributed by atoms with Gasteiger partial charge < -0.3 is 5.32 Å². The molecule has 0 aromatic heterocycles. The standard InChI is InChI=1S/C14H12BrF2N/c1-9-4-11(15)6-13(5-9)18-8-10-2-3-12(16)7-14(10)17/h2-7,18H,8H2,1H3. The van der Waals surface area contributed by atoms with E-state index in [2.05, 4.69) is 21.2 Å². The summed E-state index contributed by atoms with van der Waals surface area (Å²) in [6.07, 6.45) is 0. The molecule has 0 bridgehead atoms. The van der Waals surface area contributed by atoms with Crippen LogP contribution in [-0.4, -0.2) is 0 Å². The molecule has 1 N–H and O–H groups in total. The molecule has 4 heteroatoms. The molecule has 0 aliphatic carbocycles. The summed E-state index contributed by atoms with van der Waals surface area (Å²) >= 11 is 3.40. The van der Waals surface area contributed by atoms with Crippen molar-refractivity contribution in [2.75, 3.05) is 5.32 Å². The summed E-state index contributed by atoms with van der Waals surface area (Å²) in [5.41, 5.74) is 2.44. The van der Waals surface area contributed by atoms with E-state index in [9.17, 15) is 8.78 Å². The molecule has 2 aromatic carbocycles. The Balaban J connectivity index is 2.11. The highest BCUT2D eigenvalue weighted by Gasteiger charge is 2.04. The van der Waals surface area contributed by atoms with Crippen LogP contribution in [0, 0.1) is 18.6 Å². The van der Waals surface area contributed by atoms with Gasteiger partial charge in [0.2, 0.25) is 0 Å². The van der Waals surface area contributed by atoms with Gasteiger partial charge in [0.1, 0.15) is 11.6 Å². The second kappa shape index (κ2) is 5.48. The molecule has 0 amide bonds. The van der Waals surface area contributed by atoms with Gasteiger partial charge in [-0.3, -0.25) is 0 Å². The Morgan fingerprint density at radius 2 is 1.89 bits per heavy atom. The Morgan fingerprint density at radius 1 is 1.11 bits per heavy atom. The number of hydrogen-bond acceptors (Lipinski definition) is 1. The van der Waals surface area contributed by atoms with E-state index < -0.39 is 11.6 Å². The van der Waals surface area contributed by atoms with Crippen LogP contribution in [0.4, 0.5) is 14.5 Å². The lowest BCUT2D eigenvalue weighted by atomic mass is 10.2. The minimum Gasteiger partial charge on any atom is -0.381 e. The minimum atomic E-state index is -0.561. The lowest BCUT2D eigenvalue weighted by Crippen LogP contribution is -2.02. The first-order valence-corrected chi connectivity index (χ1v) is 6.29. The minimum absolute atomic E-state index is 0.321. The molecule has 1 nitrogen and oxygen atoms in total. The molecule has 18 heavy (non-hydrogen) atoms. The van der Waals surface area contributed by atoms with Crippen LogP contribution in [0.15, 0.2) is 40.9 Å². The van der Waals surface area contributed by atoms with Crippen molar-refractivity contribution in [3.8, 4) is 0 Å². The van der Waals surface area contributed by atoms with Crippen LogP contribution in [0.1, 0.15) is 11.1 Å². The molecule has 0 radical (unpaired) electrons. The molecule has 94 valence electrons. The molecule has 0 atom stereocenters. The van der Waals surface area contributed by atoms with Crippen molar-refractivity contribution in [2.24, 2.45) is 0 Å². The fourth-order valence-electron chi connectivity index (χ4n) is 1.70. The van der Waals surface area contributed by atoms with E-state index in [-0.39, 0.29) is 0 Å². The monoisotopic (exact) mass is 311 g/mol. The molecule has 0 spiro atoms. The normalized spacial score (nSPS) is 10.4. The molecule has 0 fully saturated rings. The van der Waals surface area contributed by atoms with E-state index in [1.807, 2.05) is 25.1 Å². The van der Waals surface area contributed by atoms with Gasteiger partial charge in [-0.25, -0.2) is 8.78 Å². The van der Waals surface area contributed by atoms with Gasteiger partial charge in [-0.1, -0.05) is 22.0 Å². The molecular formula is C14H12BrF2N. The maximum absolute atomic E-state index is 13.4. The predicted octanol–water partition coefficient (Wildman–Crippen LogP) is 4.65. The van der Waals surface area contributed by atoms with Crippen molar-refractivity contribution >= 4 is 21.6 Å². The van der Waals surface area contributed by atoms with Gasteiger partial charge in [0.25, 0.3) is 0 Å². The first-order valence-electron chi connectivity index (χ1n) is 5.49. The third-order valence-electron chi connectivity index (χ3n) is 2.54. The van der Waals surface area contributed by atoms with E-state index in [0.717, 1.165) is 21.8 Å². The van der Waals surface area contributed by atoms with Crippen molar-refractivity contribution in [2.45, 2.75) is 13.5 Å². The largest absolute Gasteiger partial charge is 0.381 e. The van der Waals surface area contributed by atoms with E-state index in [0.29, 0.717) is 12.1 Å². The third-order valence-corrected chi connectivity index (χ3v) is 3.00. The van der Waals surface area contributed by atoms with Gasteiger partial charge in [-0.15, -0.1) is 0 Å². The summed E-state index contributed by atoms with van der Waals surface area (Å²) in [4.78, 5) is 0. The number of hydrogen-bond donors (Lipinski definition) is 1. The Kier molecular flexibility index (Phi) is 3.97. The smallest absolute Gasteiger partial charge is 0.131 e. The van der Waals surface area contributed by atoms with Crippen molar-refractivity contribution in [1.82, 2.24) is 0 Å². The summed E-state index contributed by atoms with van der Waals surface area (Å²) in [5.74, 6) is -1.09. The van der Waals surface area contributed by atoms with Gasteiger partial charge in [0, 0.05) is 28.3 Å². The fraction of sp³-hybridized carbons (Fsp3) is 0.143. The van der Waals surface area contributed by atoms with Gasteiger partial charge >= 0.3 is 0 Å². The average Bonchev–Trinajstić information content (AvgIpc) is 2.26. The second-order valence-electron chi connectivity index (χ2n) is 4.11. The number of anilines is 1. The zero-order chi connectivity index (χ0) is 13.1. The molecule has 2 rings (SSSR count). The number of aryl methyl sites for hydroxylation is 1. The first-order chi connectivity index (χ1) is 8.54. The number of halogens is 3. The zero-order valence-electron chi connectivity index (χ0n) is 9.81. The highest BCUT2D eigenvalue weighted by molar-refractivity contribution is 9.10. The van der Waals surface area contributed by atoms with Crippen LogP contribution in [0.5, 0.6) is 0 Å². The van der Waals surface area contributed by atoms with Gasteiger partial charge in [0.15, 0.2) is 0 Å². The van der Waals surface area contributed by atoms with Crippen molar-refractivity contribution in [3.63, 3.8) is 0 Å². The van der Waals surface area contributed by atoms with E-state index in [1.165, 1.54) is 12.1 Å². The fourth-order valence-corrected chi connectivity index (χ4v) is 2.31. The molecular weight excluding hydrogens is 300 g/mol. The highest BCUT2D eigenvalue weighted by Crippen LogP contribution is 2.20. The lowest BCUT2D eigenvalue weighted by molar-refractivity contribution is 0.574. The summed E-state index contributed by atoms with van der Waals surface area (Å²) in [5, 5.41) is 3.11. The quantitative estimate of drug-likeness (QED) is 0.870. The number of nitrogens with one attached hydrogen (secondary N) is 1. The average molecular weight is 312 g/mol. The Labute approximate surface area is 113 Å². The Morgan fingerprint density at radius 3 is 2.56 bits per heavy atom. The van der Waals surface area contributed by atoms with Crippen LogP contribution in [0.25, 0.3) is 0 Å². The molecule has 2 aromatic rings. The molecule has 0 aliphatic rings. The van der Waals surface area contributed by atoms with Crippen molar-refractivity contribution in [1.29, 1.82) is 0 Å². The first kappa shape index (κ1) is 13.0. The SMILES string of the molecule is Cc1cc(Br)cc(NCc2ccc(F)cc2F)c1. The number of benzene rings is 2. The zero-order valence-corrected chi connectivity index (χ0v) is 11.4. The lowest BCUT2D eigenvalue weighted by Gasteiger charge is -2.09. The highest BCUT2D eigenvalue weighted by atomic mass is 79.9. The summed E-state index contributed by atoms with van der Waals surface area (Å²) in [6.45, 7) is 2.30. The van der Waals surface area contributed by atoms with Gasteiger partial charge in [0.05, 0.1) is 0 Å². The van der Waals surface area contributed by atoms with E-state index in [4.69, 9.17) is 0 Å². The molecule has 0 saturated carbocycles. The van der Waals surface area contributed by atoms with Gasteiger partial charge in [-0.2, -0.15) is 0 Å². The van der Waals surface area contributed by atoms with Crippen molar-refractivity contribution < 1.29 is 8.78 Å². The Hall–Kier alpha value is -1.42. The van der Waals surface area contributed by atoms with Crippen LogP contribution >= 0.6 is 15.9 Å². The van der Waals surface area contributed by atoms with Crippen LogP contribution < -0.4 is 5.32 Å². The van der Waals surface area contributed by atoms with E-state index >= 15 is 0 Å². The van der Waals surface area contributed by atoms with E-state index in [1.54, 1.807) is 0 Å². The van der Waals surface area contributed by atoms with Gasteiger partial charge in [-0.05, 0) is 36.8 Å². The predicted molar refractivity (Wildman–Crippen MR) is 72.6 cm³/mol. The summed E-state index contributed by atoms with van der Waals surface area (Å²) in [7, 11) is 0. The second-order valence-corrected chi connectivity index (χ2v) is 5.02. The molecule has 0 aliphatic heterocycles. The van der Waals surface area contributed by atoms with Crippen LogP contribution in [0.2, 0.25) is 0 Å². The van der Waals surface area contributed by atoms with Crippen LogP contribution in [-0.2, 0) is 6.54 Å².